The monoisotopic (exact) mass is 233 g/mol. The minimum Gasteiger partial charge on any atom is -0.313 e. The highest BCUT2D eigenvalue weighted by molar-refractivity contribution is 5.60. The molecule has 0 spiro atoms. The first-order chi connectivity index (χ1) is 8.11. The molecule has 0 aliphatic rings. The smallest absolute Gasteiger partial charge is 0.132 e. The van der Waals surface area contributed by atoms with Gasteiger partial charge in [0.05, 0.1) is 5.69 Å². The number of aryl methyl sites for hydroxylation is 1. The molecule has 0 saturated heterocycles. The molecule has 0 aliphatic carbocycles. The van der Waals surface area contributed by atoms with Crippen molar-refractivity contribution in [2.45, 2.75) is 13.0 Å². The van der Waals surface area contributed by atoms with Gasteiger partial charge in [0.15, 0.2) is 0 Å². The summed E-state index contributed by atoms with van der Waals surface area (Å²) >= 11 is 0. The van der Waals surface area contributed by atoms with Gasteiger partial charge in [-0.05, 0) is 37.7 Å². The molecule has 2 rings (SSSR count). The van der Waals surface area contributed by atoms with Crippen LogP contribution < -0.4 is 5.32 Å². The molecular formula is C13H16FN3. The standard InChI is InChI=1S/C13H16FN3/c1-9(15-2)10-4-5-12(14)11(8-10)13-6-7-17(3)16-13/h4-9,15H,1-3H3. The second-order valence-corrected chi connectivity index (χ2v) is 4.12. The highest BCUT2D eigenvalue weighted by atomic mass is 19.1. The third kappa shape index (κ3) is 2.36. The Morgan fingerprint density at radius 3 is 2.71 bits per heavy atom. The van der Waals surface area contributed by atoms with Crippen molar-refractivity contribution in [2.24, 2.45) is 7.05 Å². The SMILES string of the molecule is CNC(C)c1ccc(F)c(-c2ccn(C)n2)c1. The Bertz CT molecular complexity index is 519. The van der Waals surface area contributed by atoms with Crippen LogP contribution >= 0.6 is 0 Å². The van der Waals surface area contributed by atoms with Crippen LogP contribution in [-0.4, -0.2) is 16.8 Å². The first-order valence-corrected chi connectivity index (χ1v) is 5.58. The van der Waals surface area contributed by atoms with Gasteiger partial charge in [-0.2, -0.15) is 5.10 Å². The normalized spacial score (nSPS) is 12.7. The van der Waals surface area contributed by atoms with Crippen molar-refractivity contribution in [3.05, 3.63) is 41.8 Å². The molecular weight excluding hydrogens is 217 g/mol. The Balaban J connectivity index is 2.46. The molecule has 1 aromatic heterocycles. The van der Waals surface area contributed by atoms with E-state index in [4.69, 9.17) is 0 Å². The number of halogens is 1. The van der Waals surface area contributed by atoms with Crippen LogP contribution in [-0.2, 0) is 7.05 Å². The number of hydrogen-bond donors (Lipinski definition) is 1. The number of nitrogens with zero attached hydrogens (tertiary/aromatic N) is 2. The van der Waals surface area contributed by atoms with Gasteiger partial charge in [0, 0.05) is 24.8 Å². The molecule has 0 saturated carbocycles. The van der Waals surface area contributed by atoms with Crippen molar-refractivity contribution in [1.82, 2.24) is 15.1 Å². The summed E-state index contributed by atoms with van der Waals surface area (Å²) in [4.78, 5) is 0. The maximum absolute atomic E-state index is 13.8. The zero-order valence-electron chi connectivity index (χ0n) is 10.2. The lowest BCUT2D eigenvalue weighted by molar-refractivity contribution is 0.621. The summed E-state index contributed by atoms with van der Waals surface area (Å²) in [6.07, 6.45) is 1.81. The van der Waals surface area contributed by atoms with Crippen LogP contribution in [0.15, 0.2) is 30.5 Å². The van der Waals surface area contributed by atoms with Crippen LogP contribution in [0.4, 0.5) is 4.39 Å². The van der Waals surface area contributed by atoms with Gasteiger partial charge in [-0.25, -0.2) is 4.39 Å². The Kier molecular flexibility index (Phi) is 3.24. The molecule has 3 nitrogen and oxygen atoms in total. The van der Waals surface area contributed by atoms with E-state index in [1.165, 1.54) is 6.07 Å². The third-order valence-electron chi connectivity index (χ3n) is 2.91. The van der Waals surface area contributed by atoms with E-state index in [0.29, 0.717) is 11.3 Å². The summed E-state index contributed by atoms with van der Waals surface area (Å²) in [7, 11) is 3.70. The largest absolute Gasteiger partial charge is 0.313 e. The molecule has 0 aliphatic heterocycles. The molecule has 2 aromatic rings. The van der Waals surface area contributed by atoms with Crippen molar-refractivity contribution in [1.29, 1.82) is 0 Å². The predicted molar refractivity (Wildman–Crippen MR) is 66.1 cm³/mol. The van der Waals surface area contributed by atoms with E-state index in [9.17, 15) is 4.39 Å². The zero-order valence-corrected chi connectivity index (χ0v) is 10.2. The Hall–Kier alpha value is -1.68. The van der Waals surface area contributed by atoms with Gasteiger partial charge >= 0.3 is 0 Å². The second-order valence-electron chi connectivity index (χ2n) is 4.12. The van der Waals surface area contributed by atoms with E-state index >= 15 is 0 Å². The molecule has 1 unspecified atom stereocenters. The molecule has 1 heterocycles. The van der Waals surface area contributed by atoms with Gasteiger partial charge in [-0.1, -0.05) is 6.07 Å². The summed E-state index contributed by atoms with van der Waals surface area (Å²) in [5, 5.41) is 7.36. The van der Waals surface area contributed by atoms with Gasteiger partial charge in [-0.3, -0.25) is 4.68 Å². The topological polar surface area (TPSA) is 29.9 Å². The highest BCUT2D eigenvalue weighted by Gasteiger charge is 2.11. The molecule has 0 fully saturated rings. The fraction of sp³-hybridized carbons (Fsp3) is 0.308. The summed E-state index contributed by atoms with van der Waals surface area (Å²) in [5.41, 5.74) is 2.26. The van der Waals surface area contributed by atoms with Crippen molar-refractivity contribution in [2.75, 3.05) is 7.05 Å². The first kappa shape index (κ1) is 11.8. The lowest BCUT2D eigenvalue weighted by Gasteiger charge is -2.12. The van der Waals surface area contributed by atoms with Gasteiger partial charge in [-0.15, -0.1) is 0 Å². The second kappa shape index (κ2) is 4.67. The maximum atomic E-state index is 13.8. The third-order valence-corrected chi connectivity index (χ3v) is 2.91. The van der Waals surface area contributed by atoms with Crippen LogP contribution in [0.3, 0.4) is 0 Å². The predicted octanol–water partition coefficient (Wildman–Crippen LogP) is 2.51. The van der Waals surface area contributed by atoms with Crippen LogP contribution in [0.1, 0.15) is 18.5 Å². The van der Waals surface area contributed by atoms with Gasteiger partial charge in [0.2, 0.25) is 0 Å². The van der Waals surface area contributed by atoms with Gasteiger partial charge in [0.1, 0.15) is 5.82 Å². The summed E-state index contributed by atoms with van der Waals surface area (Å²) in [6, 6.07) is 7.14. The zero-order chi connectivity index (χ0) is 12.4. The van der Waals surface area contributed by atoms with Gasteiger partial charge in [0.25, 0.3) is 0 Å². The van der Waals surface area contributed by atoms with Crippen molar-refractivity contribution in [3.63, 3.8) is 0 Å². The number of benzene rings is 1. The van der Waals surface area contributed by atoms with Crippen LogP contribution in [0.5, 0.6) is 0 Å². The molecule has 0 radical (unpaired) electrons. The lowest BCUT2D eigenvalue weighted by atomic mass is 10.0. The van der Waals surface area contributed by atoms with E-state index in [-0.39, 0.29) is 11.9 Å². The van der Waals surface area contributed by atoms with E-state index < -0.39 is 0 Å². The quantitative estimate of drug-likeness (QED) is 0.882. The summed E-state index contributed by atoms with van der Waals surface area (Å²) < 4.78 is 15.4. The van der Waals surface area contributed by atoms with E-state index in [0.717, 1.165) is 5.56 Å². The minimum atomic E-state index is -0.240. The number of nitrogens with one attached hydrogen (secondary N) is 1. The number of hydrogen-bond acceptors (Lipinski definition) is 2. The molecule has 1 N–H and O–H groups in total. The first-order valence-electron chi connectivity index (χ1n) is 5.58. The number of rotatable bonds is 3. The molecule has 1 atom stereocenters. The maximum Gasteiger partial charge on any atom is 0.132 e. The van der Waals surface area contributed by atoms with Crippen LogP contribution in [0, 0.1) is 5.82 Å². The van der Waals surface area contributed by atoms with E-state index in [1.807, 2.05) is 39.3 Å². The summed E-state index contributed by atoms with van der Waals surface area (Å²) in [6.45, 7) is 2.04. The Labute approximate surface area is 100 Å². The molecule has 17 heavy (non-hydrogen) atoms. The fourth-order valence-electron chi connectivity index (χ4n) is 1.73. The fourth-order valence-corrected chi connectivity index (χ4v) is 1.73. The van der Waals surface area contributed by atoms with Crippen molar-refractivity contribution in [3.8, 4) is 11.3 Å². The number of aromatic nitrogens is 2. The van der Waals surface area contributed by atoms with Crippen LogP contribution in [0.25, 0.3) is 11.3 Å². The minimum absolute atomic E-state index is 0.193. The molecule has 1 aromatic carbocycles. The van der Waals surface area contributed by atoms with E-state index in [2.05, 4.69) is 10.4 Å². The highest BCUT2D eigenvalue weighted by Crippen LogP contribution is 2.24. The molecule has 90 valence electrons. The molecule has 0 bridgehead atoms. The molecule has 4 heteroatoms. The van der Waals surface area contributed by atoms with Gasteiger partial charge < -0.3 is 5.32 Å². The van der Waals surface area contributed by atoms with Crippen molar-refractivity contribution < 1.29 is 4.39 Å². The Morgan fingerprint density at radius 2 is 2.12 bits per heavy atom. The van der Waals surface area contributed by atoms with E-state index in [1.54, 1.807) is 10.7 Å². The average Bonchev–Trinajstić information content (AvgIpc) is 2.75. The summed E-state index contributed by atoms with van der Waals surface area (Å²) in [5.74, 6) is -0.240. The molecule has 0 amide bonds. The van der Waals surface area contributed by atoms with Crippen molar-refractivity contribution >= 4 is 0 Å². The average molecular weight is 233 g/mol. The van der Waals surface area contributed by atoms with Crippen LogP contribution in [0.2, 0.25) is 0 Å². The lowest BCUT2D eigenvalue weighted by Crippen LogP contribution is -2.12. The Morgan fingerprint density at radius 1 is 1.35 bits per heavy atom.